The fourth-order valence-corrected chi connectivity index (χ4v) is 2.30. The van der Waals surface area contributed by atoms with Crippen LogP contribution in [0, 0.1) is 6.92 Å². The van der Waals surface area contributed by atoms with E-state index in [9.17, 15) is 4.79 Å². The Bertz CT molecular complexity index is 896. The molecule has 0 amide bonds. The van der Waals surface area contributed by atoms with Gasteiger partial charge in [-0.25, -0.2) is 9.78 Å². The molecule has 2 aromatic carbocycles. The van der Waals surface area contributed by atoms with E-state index in [0.717, 1.165) is 11.1 Å². The molecule has 1 heterocycles. The zero-order valence-corrected chi connectivity index (χ0v) is 12.1. The van der Waals surface area contributed by atoms with E-state index in [1.807, 2.05) is 37.3 Å². The molecule has 0 radical (unpaired) electrons. The van der Waals surface area contributed by atoms with E-state index in [1.54, 1.807) is 24.3 Å². The van der Waals surface area contributed by atoms with Gasteiger partial charge in [-0.1, -0.05) is 53.6 Å². The summed E-state index contributed by atoms with van der Waals surface area (Å²) >= 11 is 6.23. The number of nitrogens with zero attached hydrogens (tertiary/aromatic N) is 1. The maximum Gasteiger partial charge on any atom is 0.347 e. The van der Waals surface area contributed by atoms with Crippen LogP contribution in [-0.4, -0.2) is 4.98 Å². The Morgan fingerprint density at radius 3 is 2.81 bits per heavy atom. The van der Waals surface area contributed by atoms with Gasteiger partial charge in [0.15, 0.2) is 0 Å². The molecule has 1 aromatic heterocycles. The van der Waals surface area contributed by atoms with Crippen molar-refractivity contribution in [2.75, 3.05) is 0 Å². The molecule has 3 rings (SSSR count). The lowest BCUT2D eigenvalue weighted by Gasteiger charge is -2.01. The topological polar surface area (TPSA) is 43.1 Å². The number of aryl methyl sites for hydroxylation is 1. The molecule has 0 saturated heterocycles. The number of para-hydroxylation sites is 1. The smallest absolute Gasteiger partial charge is 0.347 e. The van der Waals surface area contributed by atoms with Crippen LogP contribution in [0.25, 0.3) is 22.0 Å². The number of rotatable bonds is 2. The summed E-state index contributed by atoms with van der Waals surface area (Å²) in [6.07, 6.45) is 1.73. The molecule has 0 unspecified atom stereocenters. The quantitative estimate of drug-likeness (QED) is 0.711. The van der Waals surface area contributed by atoms with Gasteiger partial charge in [-0.15, -0.1) is 0 Å². The Morgan fingerprint density at radius 2 is 2.00 bits per heavy atom. The standard InChI is InChI=1S/C17H12ClNO2/c1-11-5-4-6-12(9-11)10-14(18)16-19-15-8-3-2-7-13(15)17(20)21-16/h2-10H,1H3/b14-10-. The first-order valence-electron chi connectivity index (χ1n) is 6.47. The Balaban J connectivity index is 2.09. The fourth-order valence-electron chi connectivity index (χ4n) is 2.09. The minimum atomic E-state index is -0.439. The summed E-state index contributed by atoms with van der Waals surface area (Å²) in [7, 11) is 0. The summed E-state index contributed by atoms with van der Waals surface area (Å²) in [5, 5.41) is 0.740. The minimum Gasteiger partial charge on any atom is -0.402 e. The SMILES string of the molecule is Cc1cccc(/C=C(\Cl)c2nc3ccccc3c(=O)o2)c1. The van der Waals surface area contributed by atoms with Crippen molar-refractivity contribution in [1.29, 1.82) is 0 Å². The molecule has 0 aliphatic rings. The van der Waals surface area contributed by atoms with E-state index in [0.29, 0.717) is 15.9 Å². The maximum atomic E-state index is 11.9. The molecule has 0 bridgehead atoms. The van der Waals surface area contributed by atoms with E-state index < -0.39 is 5.63 Å². The van der Waals surface area contributed by atoms with Gasteiger partial charge in [0.25, 0.3) is 0 Å². The van der Waals surface area contributed by atoms with Crippen molar-refractivity contribution < 1.29 is 4.42 Å². The molecule has 0 N–H and O–H groups in total. The molecule has 0 atom stereocenters. The van der Waals surface area contributed by atoms with Gasteiger partial charge < -0.3 is 4.42 Å². The summed E-state index contributed by atoms with van der Waals surface area (Å²) in [5.74, 6) is 0.127. The molecule has 21 heavy (non-hydrogen) atoms. The third-order valence-electron chi connectivity index (χ3n) is 3.08. The average Bonchev–Trinajstić information content (AvgIpc) is 2.47. The lowest BCUT2D eigenvalue weighted by Crippen LogP contribution is -2.03. The van der Waals surface area contributed by atoms with Gasteiger partial charge in [0.2, 0.25) is 5.89 Å². The molecule has 0 aliphatic carbocycles. The van der Waals surface area contributed by atoms with Crippen molar-refractivity contribution in [2.24, 2.45) is 0 Å². The third-order valence-corrected chi connectivity index (χ3v) is 3.35. The number of aromatic nitrogens is 1. The summed E-state index contributed by atoms with van der Waals surface area (Å²) in [6, 6.07) is 14.9. The van der Waals surface area contributed by atoms with Crippen molar-refractivity contribution in [2.45, 2.75) is 6.92 Å². The van der Waals surface area contributed by atoms with Gasteiger partial charge in [0.1, 0.15) is 5.03 Å². The van der Waals surface area contributed by atoms with Crippen LogP contribution in [0.1, 0.15) is 17.0 Å². The molecule has 0 fully saturated rings. The number of hydrogen-bond donors (Lipinski definition) is 0. The van der Waals surface area contributed by atoms with Crippen LogP contribution in [0.4, 0.5) is 0 Å². The highest BCUT2D eigenvalue weighted by Crippen LogP contribution is 2.21. The highest BCUT2D eigenvalue weighted by Gasteiger charge is 2.08. The second kappa shape index (κ2) is 5.54. The molecule has 0 aliphatic heterocycles. The van der Waals surface area contributed by atoms with Crippen LogP contribution in [-0.2, 0) is 0 Å². The second-order valence-electron chi connectivity index (χ2n) is 4.73. The van der Waals surface area contributed by atoms with Crippen LogP contribution in [0.3, 0.4) is 0 Å². The minimum absolute atomic E-state index is 0.127. The largest absolute Gasteiger partial charge is 0.402 e. The molecule has 0 spiro atoms. The number of hydrogen-bond acceptors (Lipinski definition) is 3. The zero-order valence-electron chi connectivity index (χ0n) is 11.3. The van der Waals surface area contributed by atoms with Crippen molar-refractivity contribution in [3.63, 3.8) is 0 Å². The highest BCUT2D eigenvalue weighted by molar-refractivity contribution is 6.50. The first-order chi connectivity index (χ1) is 10.1. The van der Waals surface area contributed by atoms with E-state index in [1.165, 1.54) is 0 Å². The molecular weight excluding hydrogens is 286 g/mol. The van der Waals surface area contributed by atoms with Crippen LogP contribution in [0.5, 0.6) is 0 Å². The van der Waals surface area contributed by atoms with Gasteiger partial charge in [0.05, 0.1) is 10.9 Å². The van der Waals surface area contributed by atoms with E-state index in [2.05, 4.69) is 4.98 Å². The summed E-state index contributed by atoms with van der Waals surface area (Å²) in [5.41, 5.74) is 2.18. The Labute approximate surface area is 126 Å². The lowest BCUT2D eigenvalue weighted by molar-refractivity contribution is 0.489. The van der Waals surface area contributed by atoms with E-state index >= 15 is 0 Å². The van der Waals surface area contributed by atoms with Crippen LogP contribution in [0.2, 0.25) is 0 Å². The summed E-state index contributed by atoms with van der Waals surface area (Å²) in [4.78, 5) is 16.2. The first-order valence-corrected chi connectivity index (χ1v) is 6.85. The monoisotopic (exact) mass is 297 g/mol. The van der Waals surface area contributed by atoms with Gasteiger partial charge in [-0.05, 0) is 30.7 Å². The lowest BCUT2D eigenvalue weighted by atomic mass is 10.1. The third kappa shape index (κ3) is 2.88. The molecule has 3 aromatic rings. The second-order valence-corrected chi connectivity index (χ2v) is 5.14. The van der Waals surface area contributed by atoms with Crippen molar-refractivity contribution in [3.8, 4) is 0 Å². The van der Waals surface area contributed by atoms with E-state index in [4.69, 9.17) is 16.0 Å². The Hall–Kier alpha value is -2.39. The van der Waals surface area contributed by atoms with Crippen molar-refractivity contribution >= 4 is 33.6 Å². The molecular formula is C17H12ClNO2. The predicted molar refractivity (Wildman–Crippen MR) is 85.2 cm³/mol. The van der Waals surface area contributed by atoms with Gasteiger partial charge in [-0.2, -0.15) is 0 Å². The van der Waals surface area contributed by atoms with Crippen LogP contribution >= 0.6 is 11.6 Å². The van der Waals surface area contributed by atoms with Gasteiger partial charge in [-0.3, -0.25) is 0 Å². The molecule has 104 valence electrons. The van der Waals surface area contributed by atoms with Gasteiger partial charge >= 0.3 is 5.63 Å². The molecule has 0 saturated carbocycles. The van der Waals surface area contributed by atoms with Crippen LogP contribution < -0.4 is 5.63 Å². The average molecular weight is 298 g/mol. The van der Waals surface area contributed by atoms with Gasteiger partial charge in [0, 0.05) is 0 Å². The van der Waals surface area contributed by atoms with Crippen molar-refractivity contribution in [1.82, 2.24) is 4.98 Å². The molecule has 4 heteroatoms. The first kappa shape index (κ1) is 13.6. The summed E-state index contributed by atoms with van der Waals surface area (Å²) < 4.78 is 5.19. The maximum absolute atomic E-state index is 11.9. The van der Waals surface area contributed by atoms with Crippen molar-refractivity contribution in [3.05, 3.63) is 76.0 Å². The predicted octanol–water partition coefficient (Wildman–Crippen LogP) is 4.23. The fraction of sp³-hybridized carbons (Fsp3) is 0.0588. The number of halogens is 1. The number of fused-ring (bicyclic) bond motifs is 1. The zero-order chi connectivity index (χ0) is 14.8. The number of benzene rings is 2. The van der Waals surface area contributed by atoms with E-state index in [-0.39, 0.29) is 5.89 Å². The normalized spacial score (nSPS) is 11.8. The highest BCUT2D eigenvalue weighted by atomic mass is 35.5. The van der Waals surface area contributed by atoms with Crippen LogP contribution in [0.15, 0.2) is 57.7 Å². The molecule has 3 nitrogen and oxygen atoms in total. The Kier molecular flexibility index (Phi) is 3.59. The summed E-state index contributed by atoms with van der Waals surface area (Å²) in [6.45, 7) is 2.00. The Morgan fingerprint density at radius 1 is 1.19 bits per heavy atom.